The van der Waals surface area contributed by atoms with Gasteiger partial charge in [0.2, 0.25) is 0 Å². The van der Waals surface area contributed by atoms with Crippen LogP contribution < -0.4 is 11.1 Å². The topological polar surface area (TPSA) is 91.5 Å². The maximum Gasteiger partial charge on any atom is 0.337 e. The zero-order chi connectivity index (χ0) is 14.1. The van der Waals surface area contributed by atoms with Crippen molar-refractivity contribution < 1.29 is 9.90 Å². The molecule has 0 aromatic carbocycles. The first-order chi connectivity index (χ1) is 9.65. The molecule has 2 aliphatic rings. The molecule has 6 nitrogen and oxygen atoms in total. The third-order valence-electron chi connectivity index (χ3n) is 4.34. The Bertz CT molecular complexity index is 520. The second kappa shape index (κ2) is 5.28. The van der Waals surface area contributed by atoms with E-state index in [1.165, 1.54) is 38.1 Å². The number of carbonyl (C=O) groups is 1. The Morgan fingerprint density at radius 3 is 3.00 bits per heavy atom. The molecular weight excluding hydrogens is 256 g/mol. The van der Waals surface area contributed by atoms with Gasteiger partial charge in [-0.15, -0.1) is 0 Å². The number of aromatic nitrogens is 1. The number of anilines is 2. The lowest BCUT2D eigenvalue weighted by Crippen LogP contribution is -2.41. The minimum absolute atomic E-state index is 0.124. The minimum atomic E-state index is -1.00. The van der Waals surface area contributed by atoms with Crippen LogP contribution in [0.1, 0.15) is 36.0 Å². The summed E-state index contributed by atoms with van der Waals surface area (Å²) in [6, 6.07) is 2.38. The molecule has 2 saturated heterocycles. The Hall–Kier alpha value is -1.82. The van der Waals surface area contributed by atoms with Gasteiger partial charge in [0.1, 0.15) is 5.82 Å². The molecule has 4 N–H and O–H groups in total. The average Bonchev–Trinajstić information content (AvgIpc) is 2.84. The molecule has 2 fully saturated rings. The van der Waals surface area contributed by atoms with Gasteiger partial charge in [0.25, 0.3) is 0 Å². The first-order valence-electron chi connectivity index (χ1n) is 7.14. The maximum absolute atomic E-state index is 10.9. The molecule has 0 bridgehead atoms. The molecule has 1 aromatic heterocycles. The van der Waals surface area contributed by atoms with Gasteiger partial charge in [-0.1, -0.05) is 6.42 Å². The fraction of sp³-hybridized carbons (Fsp3) is 0.571. The summed E-state index contributed by atoms with van der Waals surface area (Å²) in [5.74, 6) is -0.400. The number of carboxylic acid groups (broad SMARTS) is 1. The zero-order valence-electron chi connectivity index (χ0n) is 11.4. The van der Waals surface area contributed by atoms with Crippen molar-refractivity contribution in [3.8, 4) is 0 Å². The number of nitrogens with one attached hydrogen (secondary N) is 1. The molecule has 0 spiro atoms. The van der Waals surface area contributed by atoms with Crippen LogP contribution in [0.3, 0.4) is 0 Å². The van der Waals surface area contributed by atoms with Crippen molar-refractivity contribution in [2.75, 3.05) is 24.1 Å². The number of hydrogen-bond donors (Lipinski definition) is 3. The smallest absolute Gasteiger partial charge is 0.337 e. The molecule has 3 heterocycles. The van der Waals surface area contributed by atoms with Gasteiger partial charge >= 0.3 is 5.97 Å². The summed E-state index contributed by atoms with van der Waals surface area (Å²) in [5.41, 5.74) is 6.43. The van der Waals surface area contributed by atoms with Gasteiger partial charge in [0, 0.05) is 24.8 Å². The third kappa shape index (κ3) is 2.43. The molecule has 0 amide bonds. The number of carboxylic acids is 1. The molecule has 2 unspecified atom stereocenters. The SMILES string of the molecule is Nc1cc(C(=O)O)cnc1NC1CCN2CCCCC12. The van der Waals surface area contributed by atoms with E-state index >= 15 is 0 Å². The van der Waals surface area contributed by atoms with E-state index in [0.29, 0.717) is 23.6 Å². The van der Waals surface area contributed by atoms with E-state index in [0.717, 1.165) is 13.0 Å². The number of hydrogen-bond acceptors (Lipinski definition) is 5. The Balaban J connectivity index is 1.73. The summed E-state index contributed by atoms with van der Waals surface area (Å²) >= 11 is 0. The molecule has 0 radical (unpaired) electrons. The van der Waals surface area contributed by atoms with E-state index in [2.05, 4.69) is 15.2 Å². The summed E-state index contributed by atoms with van der Waals surface area (Å²) in [7, 11) is 0. The first kappa shape index (κ1) is 13.2. The van der Waals surface area contributed by atoms with E-state index in [-0.39, 0.29) is 5.56 Å². The lowest BCUT2D eigenvalue weighted by Gasteiger charge is -2.32. The number of fused-ring (bicyclic) bond motifs is 1. The van der Waals surface area contributed by atoms with Crippen molar-refractivity contribution in [3.63, 3.8) is 0 Å². The molecule has 6 heteroatoms. The van der Waals surface area contributed by atoms with E-state index in [1.807, 2.05) is 0 Å². The Kier molecular flexibility index (Phi) is 3.48. The standard InChI is InChI=1S/C14H20N4O2/c15-10-7-9(14(19)20)8-16-13(10)17-11-4-6-18-5-2-1-3-12(11)18/h7-8,11-12H,1-6,15H2,(H,16,17)(H,19,20). The normalized spacial score (nSPS) is 26.2. The van der Waals surface area contributed by atoms with Gasteiger partial charge in [0.15, 0.2) is 0 Å². The monoisotopic (exact) mass is 276 g/mol. The highest BCUT2D eigenvalue weighted by Gasteiger charge is 2.35. The van der Waals surface area contributed by atoms with E-state index in [4.69, 9.17) is 10.8 Å². The lowest BCUT2D eigenvalue weighted by atomic mass is 9.99. The number of nitrogen functional groups attached to an aromatic ring is 1. The van der Waals surface area contributed by atoms with Crippen LogP contribution in [0.2, 0.25) is 0 Å². The van der Waals surface area contributed by atoms with Gasteiger partial charge in [0.05, 0.1) is 11.3 Å². The quantitative estimate of drug-likeness (QED) is 0.773. The minimum Gasteiger partial charge on any atom is -0.478 e. The number of aromatic carboxylic acids is 1. The summed E-state index contributed by atoms with van der Waals surface area (Å²) in [6.45, 7) is 2.30. The van der Waals surface area contributed by atoms with Crippen LogP contribution >= 0.6 is 0 Å². The highest BCUT2D eigenvalue weighted by atomic mass is 16.4. The van der Waals surface area contributed by atoms with Gasteiger partial charge in [-0.2, -0.15) is 0 Å². The third-order valence-corrected chi connectivity index (χ3v) is 4.34. The molecule has 1 aromatic rings. The molecule has 20 heavy (non-hydrogen) atoms. The predicted octanol–water partition coefficient (Wildman–Crippen LogP) is 1.40. The van der Waals surface area contributed by atoms with Crippen LogP contribution in [0.15, 0.2) is 12.3 Å². The van der Waals surface area contributed by atoms with Crippen molar-refractivity contribution >= 4 is 17.5 Å². The fourth-order valence-corrected chi connectivity index (χ4v) is 3.31. The average molecular weight is 276 g/mol. The van der Waals surface area contributed by atoms with Crippen molar-refractivity contribution in [3.05, 3.63) is 17.8 Å². The van der Waals surface area contributed by atoms with Crippen molar-refractivity contribution in [2.24, 2.45) is 0 Å². The number of nitrogens with zero attached hydrogens (tertiary/aromatic N) is 2. The maximum atomic E-state index is 10.9. The first-order valence-corrected chi connectivity index (χ1v) is 7.14. The van der Waals surface area contributed by atoms with Crippen LogP contribution in [0.5, 0.6) is 0 Å². The van der Waals surface area contributed by atoms with Crippen molar-refractivity contribution in [1.29, 1.82) is 0 Å². The van der Waals surface area contributed by atoms with E-state index in [9.17, 15) is 4.79 Å². The highest BCUT2D eigenvalue weighted by Crippen LogP contribution is 2.30. The van der Waals surface area contributed by atoms with Crippen LogP contribution in [0.25, 0.3) is 0 Å². The van der Waals surface area contributed by atoms with Gasteiger partial charge in [-0.25, -0.2) is 9.78 Å². The largest absolute Gasteiger partial charge is 0.478 e. The van der Waals surface area contributed by atoms with Crippen LogP contribution in [0, 0.1) is 0 Å². The van der Waals surface area contributed by atoms with E-state index in [1.54, 1.807) is 0 Å². The van der Waals surface area contributed by atoms with Crippen LogP contribution in [0.4, 0.5) is 11.5 Å². The van der Waals surface area contributed by atoms with Crippen LogP contribution in [-0.2, 0) is 0 Å². The molecular formula is C14H20N4O2. The van der Waals surface area contributed by atoms with Gasteiger partial charge < -0.3 is 16.2 Å². The summed E-state index contributed by atoms with van der Waals surface area (Å²) in [4.78, 5) is 17.6. The number of pyridine rings is 1. The zero-order valence-corrected chi connectivity index (χ0v) is 11.4. The molecule has 108 valence electrons. The summed E-state index contributed by atoms with van der Waals surface area (Å²) in [6.07, 6.45) is 6.23. The lowest BCUT2D eigenvalue weighted by molar-refractivity contribution is 0.0696. The van der Waals surface area contributed by atoms with Crippen molar-refractivity contribution in [2.45, 2.75) is 37.8 Å². The fourth-order valence-electron chi connectivity index (χ4n) is 3.31. The summed E-state index contributed by atoms with van der Waals surface area (Å²) < 4.78 is 0. The van der Waals surface area contributed by atoms with Gasteiger partial charge in [-0.3, -0.25) is 4.90 Å². The van der Waals surface area contributed by atoms with E-state index < -0.39 is 5.97 Å². The Labute approximate surface area is 118 Å². The number of piperidine rings is 1. The molecule has 2 aliphatic heterocycles. The Morgan fingerprint density at radius 1 is 1.40 bits per heavy atom. The van der Waals surface area contributed by atoms with Gasteiger partial charge in [-0.05, 0) is 31.9 Å². The number of nitrogens with two attached hydrogens (primary N) is 1. The predicted molar refractivity (Wildman–Crippen MR) is 76.8 cm³/mol. The summed E-state index contributed by atoms with van der Waals surface area (Å²) in [5, 5.41) is 12.3. The molecule has 2 atom stereocenters. The highest BCUT2D eigenvalue weighted by molar-refractivity contribution is 5.89. The molecule has 3 rings (SSSR count). The molecule has 0 saturated carbocycles. The van der Waals surface area contributed by atoms with Crippen molar-refractivity contribution in [1.82, 2.24) is 9.88 Å². The Morgan fingerprint density at radius 2 is 2.25 bits per heavy atom. The van der Waals surface area contributed by atoms with Crippen LogP contribution in [-0.4, -0.2) is 46.1 Å². The second-order valence-corrected chi connectivity index (χ2v) is 5.61. The number of rotatable bonds is 3. The molecule has 0 aliphatic carbocycles. The second-order valence-electron chi connectivity index (χ2n) is 5.61.